The van der Waals surface area contributed by atoms with Crippen molar-refractivity contribution >= 4 is 12.4 Å². The van der Waals surface area contributed by atoms with Gasteiger partial charge in [-0.05, 0) is 6.92 Å². The lowest BCUT2D eigenvalue weighted by molar-refractivity contribution is -0.198. The summed E-state index contributed by atoms with van der Waals surface area (Å²) in [6, 6.07) is -0.362. The Hall–Kier alpha value is 0.130. The summed E-state index contributed by atoms with van der Waals surface area (Å²) in [7, 11) is 0. The Bertz CT molecular complexity index is 112. The molecule has 0 aromatic rings. The summed E-state index contributed by atoms with van der Waals surface area (Å²) in [5, 5.41) is 18.2. The summed E-state index contributed by atoms with van der Waals surface area (Å²) in [4.78, 5) is 0. The molecule has 0 saturated carbocycles. The Morgan fingerprint density at radius 2 is 2.00 bits per heavy atom. The molecule has 1 fully saturated rings. The topological polar surface area (TPSA) is 75.7 Å². The maximum Gasteiger partial charge on any atom is 0.156 e. The zero-order valence-corrected chi connectivity index (χ0v) is 7.12. The molecule has 11 heavy (non-hydrogen) atoms. The van der Waals surface area contributed by atoms with Gasteiger partial charge in [-0.25, -0.2) is 0 Å². The number of rotatable bonds is 0. The molecule has 0 aliphatic carbocycles. The summed E-state index contributed by atoms with van der Waals surface area (Å²) in [5.41, 5.74) is 5.47. The minimum Gasteiger partial charge on any atom is -0.389 e. The van der Waals surface area contributed by atoms with Crippen LogP contribution in [0, 0.1) is 0 Å². The maximum absolute atomic E-state index is 9.20. The molecule has 1 heterocycles. The van der Waals surface area contributed by atoms with Gasteiger partial charge in [0.25, 0.3) is 0 Å². The average molecular weight is 184 g/mol. The van der Waals surface area contributed by atoms with Crippen LogP contribution in [0.2, 0.25) is 0 Å². The van der Waals surface area contributed by atoms with Crippen molar-refractivity contribution in [3.8, 4) is 0 Å². The molecular weight excluding hydrogens is 170 g/mol. The summed E-state index contributed by atoms with van der Waals surface area (Å²) in [5.74, 6) is 0. The van der Waals surface area contributed by atoms with E-state index in [9.17, 15) is 5.11 Å². The second-order valence-electron chi connectivity index (χ2n) is 2.69. The van der Waals surface area contributed by atoms with Crippen molar-refractivity contribution in [3.05, 3.63) is 0 Å². The number of nitrogens with two attached hydrogens (primary N) is 1. The van der Waals surface area contributed by atoms with Gasteiger partial charge in [0.1, 0.15) is 0 Å². The quantitative estimate of drug-likeness (QED) is 0.461. The van der Waals surface area contributed by atoms with Gasteiger partial charge < -0.3 is 20.7 Å². The van der Waals surface area contributed by atoms with Crippen LogP contribution in [0.25, 0.3) is 0 Å². The highest BCUT2D eigenvalue weighted by molar-refractivity contribution is 5.85. The molecule has 4 N–H and O–H groups in total. The fourth-order valence-electron chi connectivity index (χ4n) is 1.10. The molecule has 0 radical (unpaired) electrons. The van der Waals surface area contributed by atoms with Crippen molar-refractivity contribution in [2.24, 2.45) is 5.73 Å². The van der Waals surface area contributed by atoms with E-state index in [0.29, 0.717) is 6.42 Å². The van der Waals surface area contributed by atoms with Gasteiger partial charge in [-0.15, -0.1) is 12.4 Å². The van der Waals surface area contributed by atoms with Crippen LogP contribution in [0.4, 0.5) is 0 Å². The Balaban J connectivity index is 0.000001000. The molecule has 0 amide bonds. The van der Waals surface area contributed by atoms with Crippen molar-refractivity contribution in [2.45, 2.75) is 37.9 Å². The molecule has 1 saturated heterocycles. The highest BCUT2D eigenvalue weighted by Gasteiger charge is 2.31. The van der Waals surface area contributed by atoms with Gasteiger partial charge in [0.2, 0.25) is 0 Å². The average Bonchev–Trinajstić information content (AvgIpc) is 1.82. The summed E-state index contributed by atoms with van der Waals surface area (Å²) in [6.45, 7) is 1.69. The number of hydrogen-bond acceptors (Lipinski definition) is 4. The summed E-state index contributed by atoms with van der Waals surface area (Å²) in [6.07, 6.45) is -1.51. The van der Waals surface area contributed by atoms with Crippen molar-refractivity contribution < 1.29 is 14.9 Å². The van der Waals surface area contributed by atoms with Gasteiger partial charge in [0.05, 0.1) is 12.2 Å². The number of aliphatic hydroxyl groups excluding tert-OH is 2. The van der Waals surface area contributed by atoms with E-state index >= 15 is 0 Å². The molecule has 4 nitrogen and oxygen atoms in total. The third kappa shape index (κ3) is 2.57. The first-order chi connectivity index (χ1) is 4.61. The van der Waals surface area contributed by atoms with E-state index in [2.05, 4.69) is 0 Å². The molecule has 0 aromatic heterocycles. The van der Waals surface area contributed by atoms with E-state index in [4.69, 9.17) is 15.6 Å². The van der Waals surface area contributed by atoms with Crippen molar-refractivity contribution in [2.75, 3.05) is 0 Å². The van der Waals surface area contributed by atoms with Gasteiger partial charge in [-0.3, -0.25) is 0 Å². The van der Waals surface area contributed by atoms with Crippen LogP contribution < -0.4 is 5.73 Å². The molecule has 1 unspecified atom stereocenters. The zero-order chi connectivity index (χ0) is 7.72. The molecule has 68 valence electrons. The lowest BCUT2D eigenvalue weighted by Gasteiger charge is -2.33. The molecule has 0 aromatic carbocycles. The molecule has 1 aliphatic heterocycles. The van der Waals surface area contributed by atoms with Crippen molar-refractivity contribution in [1.29, 1.82) is 0 Å². The molecule has 5 heteroatoms. The first-order valence-corrected chi connectivity index (χ1v) is 3.38. The first-order valence-electron chi connectivity index (χ1n) is 3.38. The van der Waals surface area contributed by atoms with E-state index in [1.807, 2.05) is 0 Å². The van der Waals surface area contributed by atoms with Gasteiger partial charge in [0.15, 0.2) is 6.29 Å². The van der Waals surface area contributed by atoms with Crippen LogP contribution in [0.5, 0.6) is 0 Å². The van der Waals surface area contributed by atoms with Crippen LogP contribution in [0.15, 0.2) is 0 Å². The standard InChI is InChI=1S/C6H13NO3.ClH/c1-3-6(9)4(7)2-5(8)10-3;/h3-6,8-9H,2,7H2,1H3;1H/t3?,4-,5+,6-;/m0./s1. The lowest BCUT2D eigenvalue weighted by Crippen LogP contribution is -2.51. The third-order valence-corrected chi connectivity index (χ3v) is 1.77. The van der Waals surface area contributed by atoms with E-state index in [0.717, 1.165) is 0 Å². The van der Waals surface area contributed by atoms with Crippen LogP contribution in [-0.4, -0.2) is 34.8 Å². The molecule has 1 rings (SSSR count). The van der Waals surface area contributed by atoms with E-state index in [1.54, 1.807) is 6.92 Å². The van der Waals surface area contributed by atoms with E-state index in [-0.39, 0.29) is 24.6 Å². The molecule has 4 atom stereocenters. The Kier molecular flexibility index (Phi) is 4.28. The predicted molar refractivity (Wildman–Crippen MR) is 42.4 cm³/mol. The SMILES string of the molecule is CC1O[C@@H](O)C[C@H](N)[C@H]1O.Cl. The first kappa shape index (κ1) is 11.1. The zero-order valence-electron chi connectivity index (χ0n) is 6.30. The van der Waals surface area contributed by atoms with Crippen LogP contribution in [0.1, 0.15) is 13.3 Å². The molecular formula is C6H14ClNO3. The maximum atomic E-state index is 9.20. The van der Waals surface area contributed by atoms with Crippen molar-refractivity contribution in [1.82, 2.24) is 0 Å². The molecule has 0 bridgehead atoms. The minimum absolute atomic E-state index is 0. The Labute approximate surface area is 71.8 Å². The Morgan fingerprint density at radius 3 is 2.45 bits per heavy atom. The van der Waals surface area contributed by atoms with E-state index < -0.39 is 12.4 Å². The van der Waals surface area contributed by atoms with Crippen LogP contribution in [0.3, 0.4) is 0 Å². The predicted octanol–water partition coefficient (Wildman–Crippen LogP) is -0.776. The smallest absolute Gasteiger partial charge is 0.156 e. The number of hydrogen-bond donors (Lipinski definition) is 3. The molecule has 0 spiro atoms. The fraction of sp³-hybridized carbons (Fsp3) is 1.00. The molecule has 1 aliphatic rings. The number of ether oxygens (including phenoxy) is 1. The van der Waals surface area contributed by atoms with Gasteiger partial charge >= 0.3 is 0 Å². The number of halogens is 1. The second kappa shape index (κ2) is 4.23. The monoisotopic (exact) mass is 183 g/mol. The fourth-order valence-corrected chi connectivity index (χ4v) is 1.10. The lowest BCUT2D eigenvalue weighted by atomic mass is 10.0. The van der Waals surface area contributed by atoms with Crippen LogP contribution >= 0.6 is 12.4 Å². The summed E-state index contributed by atoms with van der Waals surface area (Å²) < 4.78 is 4.89. The third-order valence-electron chi connectivity index (χ3n) is 1.77. The van der Waals surface area contributed by atoms with Gasteiger partial charge in [-0.1, -0.05) is 0 Å². The van der Waals surface area contributed by atoms with Crippen molar-refractivity contribution in [3.63, 3.8) is 0 Å². The summed E-state index contributed by atoms with van der Waals surface area (Å²) >= 11 is 0. The largest absolute Gasteiger partial charge is 0.389 e. The highest BCUT2D eigenvalue weighted by atomic mass is 35.5. The second-order valence-corrected chi connectivity index (χ2v) is 2.69. The minimum atomic E-state index is -0.812. The Morgan fingerprint density at radius 1 is 1.45 bits per heavy atom. The van der Waals surface area contributed by atoms with E-state index in [1.165, 1.54) is 0 Å². The van der Waals surface area contributed by atoms with Gasteiger partial charge in [-0.2, -0.15) is 0 Å². The van der Waals surface area contributed by atoms with Crippen LogP contribution in [-0.2, 0) is 4.74 Å². The number of aliphatic hydroxyl groups is 2. The highest BCUT2D eigenvalue weighted by Crippen LogP contribution is 2.16. The van der Waals surface area contributed by atoms with Gasteiger partial charge in [0, 0.05) is 12.5 Å². The normalized spacial score (nSPS) is 44.7.